The van der Waals surface area contributed by atoms with Crippen LogP contribution in [0.25, 0.3) is 11.3 Å². The van der Waals surface area contributed by atoms with Crippen LogP contribution in [-0.4, -0.2) is 60.5 Å². The van der Waals surface area contributed by atoms with Gasteiger partial charge in [-0.1, -0.05) is 31.7 Å². The third-order valence-corrected chi connectivity index (χ3v) is 6.96. The largest absolute Gasteiger partial charge is 0.497 e. The standard InChI is InChI=1S/C31H34F2N4O2/c1-5-24(26-8-11-29(33)22(2)18-26)20-37(23(3)25-6-9-27(32)10-7-25)21-31(38)36-16-14-35(15-17-36)30-19-28(39-4)12-13-34-30/h6-13,18-20H,3,5,14-17,21H2,1-2,4H3. The fraction of sp³-hybridized carbons (Fsp3) is 0.290. The number of nitrogens with zero attached hydrogens (tertiary/aromatic N) is 4. The molecular weight excluding hydrogens is 498 g/mol. The first-order valence-corrected chi connectivity index (χ1v) is 13.0. The van der Waals surface area contributed by atoms with Gasteiger partial charge in [0.15, 0.2) is 0 Å². The van der Waals surface area contributed by atoms with E-state index in [1.165, 1.54) is 18.2 Å². The van der Waals surface area contributed by atoms with Crippen LogP contribution in [0.2, 0.25) is 0 Å². The highest BCUT2D eigenvalue weighted by atomic mass is 19.1. The van der Waals surface area contributed by atoms with E-state index in [0.29, 0.717) is 49.4 Å². The Morgan fingerprint density at radius 1 is 1.05 bits per heavy atom. The van der Waals surface area contributed by atoms with E-state index in [1.807, 2.05) is 29.0 Å². The van der Waals surface area contributed by atoms with Crippen molar-refractivity contribution in [2.45, 2.75) is 20.3 Å². The number of carbonyl (C=O) groups is 1. The number of pyridine rings is 1. The van der Waals surface area contributed by atoms with Gasteiger partial charge in [0.2, 0.25) is 5.91 Å². The number of halogens is 2. The zero-order valence-electron chi connectivity index (χ0n) is 22.7. The number of ether oxygens (including phenoxy) is 1. The monoisotopic (exact) mass is 532 g/mol. The molecule has 6 nitrogen and oxygen atoms in total. The second-order valence-electron chi connectivity index (χ2n) is 9.48. The lowest BCUT2D eigenvalue weighted by molar-refractivity contribution is -0.131. The topological polar surface area (TPSA) is 48.9 Å². The number of carbonyl (C=O) groups excluding carboxylic acids is 1. The van der Waals surface area contributed by atoms with Gasteiger partial charge in [0.05, 0.1) is 7.11 Å². The first-order chi connectivity index (χ1) is 18.8. The summed E-state index contributed by atoms with van der Waals surface area (Å²) in [6, 6.07) is 14.7. The van der Waals surface area contributed by atoms with E-state index in [-0.39, 0.29) is 24.1 Å². The third kappa shape index (κ3) is 6.82. The molecule has 0 spiro atoms. The van der Waals surface area contributed by atoms with Crippen LogP contribution < -0.4 is 9.64 Å². The van der Waals surface area contributed by atoms with Gasteiger partial charge in [0, 0.05) is 50.3 Å². The van der Waals surface area contributed by atoms with E-state index in [4.69, 9.17) is 4.74 Å². The van der Waals surface area contributed by atoms with Crippen LogP contribution in [0, 0.1) is 18.6 Å². The maximum Gasteiger partial charge on any atom is 0.242 e. The Morgan fingerprint density at radius 2 is 1.74 bits per heavy atom. The van der Waals surface area contributed by atoms with Gasteiger partial charge in [-0.15, -0.1) is 0 Å². The first kappa shape index (κ1) is 27.8. The minimum Gasteiger partial charge on any atom is -0.497 e. The zero-order valence-corrected chi connectivity index (χ0v) is 22.7. The Balaban J connectivity index is 1.53. The van der Waals surface area contributed by atoms with Crippen LogP contribution in [0.5, 0.6) is 5.75 Å². The van der Waals surface area contributed by atoms with Crippen LogP contribution in [-0.2, 0) is 4.79 Å². The molecular formula is C31H34F2N4O2. The molecule has 4 rings (SSSR count). The zero-order chi connectivity index (χ0) is 27.9. The molecule has 0 N–H and O–H groups in total. The van der Waals surface area contributed by atoms with Gasteiger partial charge in [-0.05, 0) is 65.9 Å². The highest BCUT2D eigenvalue weighted by Crippen LogP contribution is 2.26. The van der Waals surface area contributed by atoms with Gasteiger partial charge in [0.25, 0.3) is 0 Å². The Hall–Kier alpha value is -4.20. The predicted molar refractivity (Wildman–Crippen MR) is 151 cm³/mol. The fourth-order valence-electron chi connectivity index (χ4n) is 4.56. The number of allylic oxidation sites excluding steroid dienone is 1. The van der Waals surface area contributed by atoms with Crippen LogP contribution in [0.1, 0.15) is 30.0 Å². The molecule has 1 amide bonds. The van der Waals surface area contributed by atoms with Crippen molar-refractivity contribution >= 4 is 23.0 Å². The molecule has 1 fully saturated rings. The summed E-state index contributed by atoms with van der Waals surface area (Å²) in [6.45, 7) is 10.4. The van der Waals surface area contributed by atoms with Crippen molar-refractivity contribution in [3.63, 3.8) is 0 Å². The highest BCUT2D eigenvalue weighted by molar-refractivity contribution is 5.82. The highest BCUT2D eigenvalue weighted by Gasteiger charge is 2.24. The van der Waals surface area contributed by atoms with Crippen LogP contribution >= 0.6 is 0 Å². The van der Waals surface area contributed by atoms with Gasteiger partial charge in [-0.25, -0.2) is 13.8 Å². The maximum atomic E-state index is 13.9. The summed E-state index contributed by atoms with van der Waals surface area (Å²) in [4.78, 5) is 23.7. The summed E-state index contributed by atoms with van der Waals surface area (Å²) in [6.07, 6.45) is 4.27. The second-order valence-corrected chi connectivity index (χ2v) is 9.48. The number of aromatic nitrogens is 1. The van der Waals surface area contributed by atoms with Crippen molar-refractivity contribution in [2.24, 2.45) is 0 Å². The van der Waals surface area contributed by atoms with Crippen LogP contribution in [0.4, 0.5) is 14.6 Å². The SMILES string of the molecule is C=C(c1ccc(F)cc1)N(C=C(CC)c1ccc(F)c(C)c1)CC(=O)N1CCN(c2cc(OC)ccn2)CC1. The molecule has 0 atom stereocenters. The molecule has 2 heterocycles. The molecule has 1 aliphatic rings. The number of hydrogen-bond donors (Lipinski definition) is 0. The minimum atomic E-state index is -0.343. The molecule has 1 saturated heterocycles. The van der Waals surface area contributed by atoms with Gasteiger partial charge in [-0.2, -0.15) is 0 Å². The Bertz CT molecular complexity index is 1350. The summed E-state index contributed by atoms with van der Waals surface area (Å²) in [7, 11) is 1.62. The normalized spacial score (nSPS) is 13.8. The predicted octanol–water partition coefficient (Wildman–Crippen LogP) is 5.75. The molecule has 1 aromatic heterocycles. The van der Waals surface area contributed by atoms with Gasteiger partial charge in [-0.3, -0.25) is 4.79 Å². The van der Waals surface area contributed by atoms with E-state index in [9.17, 15) is 13.6 Å². The molecule has 0 aliphatic carbocycles. The van der Waals surface area contributed by atoms with Crippen molar-refractivity contribution < 1.29 is 18.3 Å². The van der Waals surface area contributed by atoms with Crippen LogP contribution in [0.15, 0.2) is 73.6 Å². The number of rotatable bonds is 9. The number of piperazine rings is 1. The third-order valence-electron chi connectivity index (χ3n) is 6.96. The van der Waals surface area contributed by atoms with E-state index in [0.717, 1.165) is 22.7 Å². The molecule has 8 heteroatoms. The summed E-state index contributed by atoms with van der Waals surface area (Å²) in [5.41, 5.74) is 3.64. The van der Waals surface area contributed by atoms with Crippen LogP contribution in [0.3, 0.4) is 0 Å². The van der Waals surface area contributed by atoms with E-state index in [1.54, 1.807) is 50.6 Å². The van der Waals surface area contributed by atoms with Crippen molar-refractivity contribution in [1.82, 2.24) is 14.8 Å². The van der Waals surface area contributed by atoms with Gasteiger partial charge < -0.3 is 19.4 Å². The first-order valence-electron chi connectivity index (χ1n) is 13.0. The smallest absolute Gasteiger partial charge is 0.242 e. The number of methoxy groups -OCH3 is 1. The maximum absolute atomic E-state index is 13.9. The molecule has 204 valence electrons. The molecule has 2 aromatic carbocycles. The van der Waals surface area contributed by atoms with E-state index in [2.05, 4.69) is 16.5 Å². The number of benzene rings is 2. The number of aryl methyl sites for hydroxylation is 1. The molecule has 0 bridgehead atoms. The molecule has 3 aromatic rings. The second kappa shape index (κ2) is 12.6. The van der Waals surface area contributed by atoms with E-state index < -0.39 is 0 Å². The van der Waals surface area contributed by atoms with Crippen molar-refractivity contribution in [3.05, 3.63) is 102 Å². The molecule has 0 unspecified atom stereocenters. The Morgan fingerprint density at radius 3 is 2.38 bits per heavy atom. The number of hydrogen-bond acceptors (Lipinski definition) is 5. The average molecular weight is 533 g/mol. The van der Waals surface area contributed by atoms with E-state index >= 15 is 0 Å². The number of amides is 1. The summed E-state index contributed by atoms with van der Waals surface area (Å²) in [5, 5.41) is 0. The fourth-order valence-corrected chi connectivity index (χ4v) is 4.56. The summed E-state index contributed by atoms with van der Waals surface area (Å²) < 4.78 is 32.8. The lowest BCUT2D eigenvalue weighted by Gasteiger charge is -2.36. The lowest BCUT2D eigenvalue weighted by atomic mass is 10.0. The minimum absolute atomic E-state index is 0.0431. The van der Waals surface area contributed by atoms with Gasteiger partial charge in [0.1, 0.15) is 29.7 Å². The van der Waals surface area contributed by atoms with Crippen molar-refractivity contribution in [1.29, 1.82) is 0 Å². The van der Waals surface area contributed by atoms with Crippen molar-refractivity contribution in [2.75, 3.05) is 44.7 Å². The lowest BCUT2D eigenvalue weighted by Crippen LogP contribution is -2.51. The molecule has 0 saturated carbocycles. The molecule has 0 radical (unpaired) electrons. The van der Waals surface area contributed by atoms with Gasteiger partial charge >= 0.3 is 0 Å². The Kier molecular flexibility index (Phi) is 8.96. The molecule has 1 aliphatic heterocycles. The Labute approximate surface area is 228 Å². The quantitative estimate of drug-likeness (QED) is 0.351. The average Bonchev–Trinajstić information content (AvgIpc) is 2.96. The summed E-state index contributed by atoms with van der Waals surface area (Å²) in [5.74, 6) is 0.907. The number of anilines is 1. The summed E-state index contributed by atoms with van der Waals surface area (Å²) >= 11 is 0. The molecule has 39 heavy (non-hydrogen) atoms. The van der Waals surface area contributed by atoms with Crippen molar-refractivity contribution in [3.8, 4) is 5.75 Å².